The first kappa shape index (κ1) is 12.1. The fourth-order valence-electron chi connectivity index (χ4n) is 2.63. The molecule has 1 aromatic heterocycles. The van der Waals surface area contributed by atoms with E-state index < -0.39 is 0 Å². The van der Waals surface area contributed by atoms with E-state index in [4.69, 9.17) is 17.5 Å². The smallest absolute Gasteiger partial charge is 0.121 e. The Hall–Kier alpha value is -1.92. The van der Waals surface area contributed by atoms with E-state index >= 15 is 0 Å². The molecular weight excluding hydrogens is 252 g/mol. The Morgan fingerprint density at radius 2 is 1.84 bits per heavy atom. The van der Waals surface area contributed by atoms with Crippen molar-refractivity contribution in [2.24, 2.45) is 0 Å². The van der Waals surface area contributed by atoms with Crippen molar-refractivity contribution in [1.82, 2.24) is 4.98 Å². The number of hydrogen-bond donors (Lipinski definition) is 1. The normalized spacial score (nSPS) is 13.6. The van der Waals surface area contributed by atoms with Gasteiger partial charge >= 0.3 is 0 Å². The molecule has 1 heterocycles. The minimum absolute atomic E-state index is 0.512. The molecule has 0 spiro atoms. The topological polar surface area (TPSA) is 39.6 Å². The Morgan fingerprint density at radius 3 is 2.58 bits per heavy atom. The van der Waals surface area contributed by atoms with E-state index in [1.54, 1.807) is 6.07 Å². The second-order valence-electron chi connectivity index (χ2n) is 4.92. The molecule has 1 N–H and O–H groups in total. The largest absolute Gasteiger partial charge is 0.345 e. The van der Waals surface area contributed by atoms with Gasteiger partial charge in [-0.3, -0.25) is 0 Å². The van der Waals surface area contributed by atoms with Gasteiger partial charge in [-0.05, 0) is 60.6 Å². The van der Waals surface area contributed by atoms with Crippen LogP contribution in [-0.4, -0.2) is 4.98 Å². The molecule has 0 unspecified atom stereocenters. The number of nitrogens with zero attached hydrogens (tertiary/aromatic N) is 1. The quantitative estimate of drug-likeness (QED) is 0.787. The van der Waals surface area contributed by atoms with Gasteiger partial charge in [0.25, 0.3) is 0 Å². The van der Waals surface area contributed by atoms with Crippen molar-refractivity contribution in [1.29, 1.82) is 5.26 Å². The van der Waals surface area contributed by atoms with Gasteiger partial charge in [0, 0.05) is 5.69 Å². The molecule has 2 aromatic rings. The van der Waals surface area contributed by atoms with Crippen LogP contribution in [0.3, 0.4) is 0 Å². The first-order valence-corrected chi connectivity index (χ1v) is 6.94. The minimum atomic E-state index is 0.512. The average molecular weight is 266 g/mol. The van der Waals surface area contributed by atoms with E-state index in [0.29, 0.717) is 10.2 Å². The Balaban J connectivity index is 2.05. The lowest BCUT2D eigenvalue weighted by Crippen LogP contribution is -2.02. The molecular formula is C16H14N2S. The van der Waals surface area contributed by atoms with Crippen LogP contribution >= 0.6 is 12.2 Å². The second kappa shape index (κ2) is 4.99. The number of hydrogen-bond acceptors (Lipinski definition) is 2. The van der Waals surface area contributed by atoms with Gasteiger partial charge in [-0.1, -0.05) is 24.4 Å². The molecule has 2 nitrogen and oxygen atoms in total. The zero-order valence-electron chi connectivity index (χ0n) is 10.6. The highest BCUT2D eigenvalue weighted by atomic mass is 32.1. The van der Waals surface area contributed by atoms with E-state index in [1.165, 1.54) is 36.8 Å². The van der Waals surface area contributed by atoms with E-state index in [-0.39, 0.29) is 0 Å². The van der Waals surface area contributed by atoms with E-state index in [9.17, 15) is 0 Å². The SMILES string of the molecule is N#Cc1ccc(-c2ccc3c(c2)CCCC3)[nH]c1=S. The van der Waals surface area contributed by atoms with Crippen molar-refractivity contribution in [2.45, 2.75) is 25.7 Å². The van der Waals surface area contributed by atoms with E-state index in [1.807, 2.05) is 6.07 Å². The molecule has 0 amide bonds. The summed E-state index contributed by atoms with van der Waals surface area (Å²) in [5.74, 6) is 0. The first-order chi connectivity index (χ1) is 9.28. The fourth-order valence-corrected chi connectivity index (χ4v) is 2.85. The number of pyridine rings is 1. The molecule has 3 heteroatoms. The molecule has 19 heavy (non-hydrogen) atoms. The third-order valence-electron chi connectivity index (χ3n) is 3.69. The summed E-state index contributed by atoms with van der Waals surface area (Å²) >= 11 is 5.18. The van der Waals surface area contributed by atoms with Crippen LogP contribution in [-0.2, 0) is 12.8 Å². The summed E-state index contributed by atoms with van der Waals surface area (Å²) in [6.07, 6.45) is 4.94. The molecule has 0 aliphatic heterocycles. The number of aromatic nitrogens is 1. The fraction of sp³-hybridized carbons (Fsp3) is 0.250. The number of nitriles is 1. The summed E-state index contributed by atoms with van der Waals surface area (Å²) in [6.45, 7) is 0. The molecule has 0 atom stereocenters. The van der Waals surface area contributed by atoms with Crippen LogP contribution in [0, 0.1) is 16.0 Å². The maximum Gasteiger partial charge on any atom is 0.121 e. The van der Waals surface area contributed by atoms with Crippen LogP contribution < -0.4 is 0 Å². The molecule has 1 aliphatic carbocycles. The predicted molar refractivity (Wildman–Crippen MR) is 78.4 cm³/mol. The second-order valence-corrected chi connectivity index (χ2v) is 5.33. The van der Waals surface area contributed by atoms with Crippen molar-refractivity contribution in [3.63, 3.8) is 0 Å². The van der Waals surface area contributed by atoms with Crippen LogP contribution in [0.5, 0.6) is 0 Å². The van der Waals surface area contributed by atoms with E-state index in [2.05, 4.69) is 29.3 Å². The minimum Gasteiger partial charge on any atom is -0.345 e. The zero-order valence-corrected chi connectivity index (χ0v) is 11.4. The maximum atomic E-state index is 8.90. The molecule has 0 fully saturated rings. The van der Waals surface area contributed by atoms with Gasteiger partial charge in [-0.2, -0.15) is 5.26 Å². The molecule has 0 bridgehead atoms. The Kier molecular flexibility index (Phi) is 3.18. The van der Waals surface area contributed by atoms with E-state index in [0.717, 1.165) is 11.3 Å². The van der Waals surface area contributed by atoms with Crippen molar-refractivity contribution < 1.29 is 0 Å². The van der Waals surface area contributed by atoms with Gasteiger partial charge in [0.1, 0.15) is 10.7 Å². The predicted octanol–water partition coefficient (Wildman–Crippen LogP) is 4.16. The van der Waals surface area contributed by atoms with Crippen LogP contribution in [0.2, 0.25) is 0 Å². The number of H-pyrrole nitrogens is 1. The Labute approximate surface area is 117 Å². The van der Waals surface area contributed by atoms with Gasteiger partial charge in [0.15, 0.2) is 0 Å². The van der Waals surface area contributed by atoms with Crippen molar-refractivity contribution in [3.05, 3.63) is 51.7 Å². The number of fused-ring (bicyclic) bond motifs is 1. The molecule has 0 saturated heterocycles. The van der Waals surface area contributed by atoms with Crippen molar-refractivity contribution >= 4 is 12.2 Å². The molecule has 94 valence electrons. The lowest BCUT2D eigenvalue weighted by atomic mass is 9.90. The van der Waals surface area contributed by atoms with Crippen LogP contribution in [0.25, 0.3) is 11.3 Å². The standard InChI is InChI=1S/C16H14N2S/c17-10-14-7-8-15(18-16(14)19)13-6-5-11-3-1-2-4-12(11)9-13/h5-9H,1-4H2,(H,18,19). The lowest BCUT2D eigenvalue weighted by molar-refractivity contribution is 0.686. The summed E-state index contributed by atoms with van der Waals surface area (Å²) in [5, 5.41) is 8.90. The maximum absolute atomic E-state index is 8.90. The highest BCUT2D eigenvalue weighted by molar-refractivity contribution is 7.71. The average Bonchev–Trinajstić information content (AvgIpc) is 2.46. The number of aromatic amines is 1. The van der Waals surface area contributed by atoms with Crippen LogP contribution in [0.4, 0.5) is 0 Å². The van der Waals surface area contributed by atoms with Gasteiger partial charge in [-0.15, -0.1) is 0 Å². The molecule has 1 aromatic carbocycles. The Bertz CT molecular complexity index is 722. The van der Waals surface area contributed by atoms with Crippen molar-refractivity contribution in [2.75, 3.05) is 0 Å². The van der Waals surface area contributed by atoms with Gasteiger partial charge in [0.05, 0.1) is 5.56 Å². The highest BCUT2D eigenvalue weighted by Crippen LogP contribution is 2.26. The van der Waals surface area contributed by atoms with Crippen molar-refractivity contribution in [3.8, 4) is 17.3 Å². The van der Waals surface area contributed by atoms with Gasteiger partial charge < -0.3 is 4.98 Å². The molecule has 3 rings (SSSR count). The molecule has 0 saturated carbocycles. The number of benzene rings is 1. The third kappa shape index (κ3) is 2.32. The summed E-state index contributed by atoms with van der Waals surface area (Å²) in [5.41, 5.74) is 5.58. The van der Waals surface area contributed by atoms with Gasteiger partial charge in [0.2, 0.25) is 0 Å². The molecule has 0 radical (unpaired) electrons. The lowest BCUT2D eigenvalue weighted by Gasteiger charge is -2.16. The summed E-state index contributed by atoms with van der Waals surface area (Å²) in [7, 11) is 0. The van der Waals surface area contributed by atoms with Crippen LogP contribution in [0.15, 0.2) is 30.3 Å². The number of rotatable bonds is 1. The zero-order chi connectivity index (χ0) is 13.2. The number of aryl methyl sites for hydroxylation is 2. The summed E-state index contributed by atoms with van der Waals surface area (Å²) in [4.78, 5) is 3.14. The van der Waals surface area contributed by atoms with Crippen LogP contribution in [0.1, 0.15) is 29.5 Å². The highest BCUT2D eigenvalue weighted by Gasteiger charge is 2.10. The molecule has 1 aliphatic rings. The monoisotopic (exact) mass is 266 g/mol. The third-order valence-corrected chi connectivity index (χ3v) is 4.01. The summed E-state index contributed by atoms with van der Waals surface area (Å²) < 4.78 is 0.512. The Morgan fingerprint density at radius 1 is 1.05 bits per heavy atom. The summed E-state index contributed by atoms with van der Waals surface area (Å²) in [6, 6.07) is 12.4. The number of nitrogens with one attached hydrogen (secondary N) is 1. The van der Waals surface area contributed by atoms with Gasteiger partial charge in [-0.25, -0.2) is 0 Å². The first-order valence-electron chi connectivity index (χ1n) is 6.53.